The molecule has 2 aromatic heterocycles. The molecule has 0 saturated heterocycles. The molecule has 0 bridgehead atoms. The number of aryl methyl sites for hydroxylation is 1. The third-order valence-electron chi connectivity index (χ3n) is 3.96. The van der Waals surface area contributed by atoms with Crippen molar-refractivity contribution in [3.8, 4) is 5.75 Å². The van der Waals surface area contributed by atoms with Gasteiger partial charge in [-0.25, -0.2) is 0 Å². The van der Waals surface area contributed by atoms with Gasteiger partial charge in [-0.1, -0.05) is 36.9 Å². The molecule has 0 unspecified atom stereocenters. The normalized spacial score (nSPS) is 10.8. The van der Waals surface area contributed by atoms with E-state index in [0.29, 0.717) is 23.4 Å². The van der Waals surface area contributed by atoms with E-state index in [4.69, 9.17) is 4.74 Å². The van der Waals surface area contributed by atoms with E-state index in [1.165, 1.54) is 34.4 Å². The molecule has 2 heterocycles. The van der Waals surface area contributed by atoms with Crippen molar-refractivity contribution in [1.29, 1.82) is 0 Å². The van der Waals surface area contributed by atoms with Crippen molar-refractivity contribution in [2.24, 2.45) is 0 Å². The Morgan fingerprint density at radius 1 is 1.32 bits per heavy atom. The summed E-state index contributed by atoms with van der Waals surface area (Å²) in [7, 11) is 0. The van der Waals surface area contributed by atoms with E-state index in [0.717, 1.165) is 12.2 Å². The number of aromatic nitrogens is 5. The fourth-order valence-corrected chi connectivity index (χ4v) is 3.28. The first kappa shape index (κ1) is 19.6. The van der Waals surface area contributed by atoms with Crippen molar-refractivity contribution < 1.29 is 9.66 Å². The first-order chi connectivity index (χ1) is 13.6. The second-order valence-electron chi connectivity index (χ2n) is 5.85. The monoisotopic (exact) mass is 400 g/mol. The molecule has 0 aliphatic carbocycles. The number of nitro groups is 1. The van der Waals surface area contributed by atoms with Gasteiger partial charge in [0.05, 0.1) is 10.8 Å². The van der Waals surface area contributed by atoms with Crippen LogP contribution >= 0.6 is 11.8 Å². The van der Waals surface area contributed by atoms with Crippen molar-refractivity contribution >= 4 is 17.4 Å². The van der Waals surface area contributed by atoms with Crippen LogP contribution in [-0.2, 0) is 25.4 Å². The highest BCUT2D eigenvalue weighted by atomic mass is 32.2. The lowest BCUT2D eigenvalue weighted by molar-refractivity contribution is -0.385. The molecule has 0 aliphatic rings. The Morgan fingerprint density at radius 2 is 2.11 bits per heavy atom. The van der Waals surface area contributed by atoms with Gasteiger partial charge in [0.25, 0.3) is 0 Å². The standard InChI is InChI=1S/C18H20N6O3S/c1-3-9-23-17(12-27-16-7-5-14(4-2)6-8-16)20-21-18(23)28-13-22-11-15(10-19-22)24(25)26/h3,5-8,10-11H,1,4,9,12-13H2,2H3. The Morgan fingerprint density at radius 3 is 2.75 bits per heavy atom. The molecule has 0 atom stereocenters. The first-order valence-corrected chi connectivity index (χ1v) is 9.63. The summed E-state index contributed by atoms with van der Waals surface area (Å²) in [6, 6.07) is 7.95. The average molecular weight is 400 g/mol. The summed E-state index contributed by atoms with van der Waals surface area (Å²) in [6.07, 6.45) is 5.34. The summed E-state index contributed by atoms with van der Waals surface area (Å²) >= 11 is 1.38. The van der Waals surface area contributed by atoms with Gasteiger partial charge in [0.2, 0.25) is 0 Å². The molecule has 28 heavy (non-hydrogen) atoms. The molecule has 10 heteroatoms. The third-order valence-corrected chi connectivity index (χ3v) is 4.91. The van der Waals surface area contributed by atoms with E-state index >= 15 is 0 Å². The molecule has 1 aromatic carbocycles. The summed E-state index contributed by atoms with van der Waals surface area (Å²) in [4.78, 5) is 10.3. The number of allylic oxidation sites excluding steroid dienone is 1. The summed E-state index contributed by atoms with van der Waals surface area (Å²) < 4.78 is 9.21. The van der Waals surface area contributed by atoms with Crippen LogP contribution in [0.1, 0.15) is 18.3 Å². The van der Waals surface area contributed by atoms with E-state index in [-0.39, 0.29) is 12.3 Å². The lowest BCUT2D eigenvalue weighted by Crippen LogP contribution is -2.08. The fourth-order valence-electron chi connectivity index (χ4n) is 2.46. The molecular formula is C18H20N6O3S. The third kappa shape index (κ3) is 4.77. The van der Waals surface area contributed by atoms with Gasteiger partial charge in [-0.15, -0.1) is 16.8 Å². The van der Waals surface area contributed by atoms with E-state index < -0.39 is 4.92 Å². The van der Waals surface area contributed by atoms with Gasteiger partial charge in [-0.05, 0) is 24.1 Å². The van der Waals surface area contributed by atoms with Crippen LogP contribution in [0, 0.1) is 10.1 Å². The van der Waals surface area contributed by atoms with Crippen molar-refractivity contribution in [2.75, 3.05) is 0 Å². The Kier molecular flexibility index (Phi) is 6.43. The van der Waals surface area contributed by atoms with Crippen LogP contribution in [0.5, 0.6) is 5.75 Å². The van der Waals surface area contributed by atoms with E-state index in [2.05, 4.69) is 28.8 Å². The van der Waals surface area contributed by atoms with E-state index in [1.54, 1.807) is 6.08 Å². The maximum Gasteiger partial charge on any atom is 0.307 e. The number of nitrogens with zero attached hydrogens (tertiary/aromatic N) is 6. The second kappa shape index (κ2) is 9.18. The van der Waals surface area contributed by atoms with Gasteiger partial charge in [0, 0.05) is 6.54 Å². The molecule has 0 saturated carbocycles. The molecule has 0 fully saturated rings. The molecule has 3 rings (SSSR count). The average Bonchev–Trinajstić information content (AvgIpc) is 3.33. The van der Waals surface area contributed by atoms with Gasteiger partial charge < -0.3 is 4.74 Å². The smallest absolute Gasteiger partial charge is 0.307 e. The maximum atomic E-state index is 10.7. The summed E-state index contributed by atoms with van der Waals surface area (Å²) in [5, 5.41) is 23.8. The van der Waals surface area contributed by atoms with Crippen LogP contribution in [0.25, 0.3) is 0 Å². The zero-order chi connectivity index (χ0) is 19.9. The van der Waals surface area contributed by atoms with Crippen molar-refractivity contribution in [3.63, 3.8) is 0 Å². The zero-order valence-electron chi connectivity index (χ0n) is 15.4. The number of hydrogen-bond acceptors (Lipinski definition) is 7. The molecule has 0 spiro atoms. The molecule has 0 N–H and O–H groups in total. The van der Waals surface area contributed by atoms with Crippen LogP contribution in [-0.4, -0.2) is 29.5 Å². The molecule has 0 amide bonds. The van der Waals surface area contributed by atoms with Crippen LogP contribution < -0.4 is 4.74 Å². The highest BCUT2D eigenvalue weighted by Crippen LogP contribution is 2.21. The van der Waals surface area contributed by atoms with Crippen LogP contribution in [0.2, 0.25) is 0 Å². The SMILES string of the molecule is C=CCn1c(COc2ccc(CC)cc2)nnc1SCn1cc([N+](=O)[O-])cn1. The van der Waals surface area contributed by atoms with Crippen molar-refractivity contribution in [2.45, 2.75) is 37.5 Å². The summed E-state index contributed by atoms with van der Waals surface area (Å²) in [6.45, 7) is 6.69. The second-order valence-corrected chi connectivity index (χ2v) is 6.76. The quantitative estimate of drug-likeness (QED) is 0.222. The predicted molar refractivity (Wildman–Crippen MR) is 105 cm³/mol. The number of rotatable bonds is 10. The van der Waals surface area contributed by atoms with Crippen molar-refractivity contribution in [3.05, 3.63) is 70.8 Å². The first-order valence-electron chi connectivity index (χ1n) is 8.65. The molecule has 9 nitrogen and oxygen atoms in total. The van der Waals surface area contributed by atoms with E-state index in [1.807, 2.05) is 28.8 Å². The van der Waals surface area contributed by atoms with Crippen LogP contribution in [0.15, 0.2) is 54.5 Å². The molecule has 0 radical (unpaired) electrons. The lowest BCUT2D eigenvalue weighted by atomic mass is 10.2. The molecule has 3 aromatic rings. The minimum absolute atomic E-state index is 0.0451. The van der Waals surface area contributed by atoms with Crippen LogP contribution in [0.3, 0.4) is 0 Å². The molecule has 146 valence electrons. The number of thioether (sulfide) groups is 1. The molecular weight excluding hydrogens is 380 g/mol. The van der Waals surface area contributed by atoms with Gasteiger partial charge in [0.15, 0.2) is 11.0 Å². The van der Waals surface area contributed by atoms with E-state index in [9.17, 15) is 10.1 Å². The van der Waals surface area contributed by atoms with Gasteiger partial charge >= 0.3 is 5.69 Å². The topological polar surface area (TPSA) is 101 Å². The van der Waals surface area contributed by atoms with Crippen LogP contribution in [0.4, 0.5) is 5.69 Å². The predicted octanol–water partition coefficient (Wildman–Crippen LogP) is 3.46. The molecule has 0 aliphatic heterocycles. The van der Waals surface area contributed by atoms with Gasteiger partial charge in [-0.2, -0.15) is 5.10 Å². The Balaban J connectivity index is 1.65. The fraction of sp³-hybridized carbons (Fsp3) is 0.278. The minimum atomic E-state index is -0.475. The Labute approximate surface area is 166 Å². The van der Waals surface area contributed by atoms with Gasteiger partial charge in [-0.3, -0.25) is 19.4 Å². The van der Waals surface area contributed by atoms with Crippen molar-refractivity contribution in [1.82, 2.24) is 24.5 Å². The number of hydrogen-bond donors (Lipinski definition) is 0. The van der Waals surface area contributed by atoms with Gasteiger partial charge in [0.1, 0.15) is 24.8 Å². The Hall–Kier alpha value is -3.14. The number of benzene rings is 1. The number of ether oxygens (including phenoxy) is 1. The summed E-state index contributed by atoms with van der Waals surface area (Å²) in [5.74, 6) is 1.82. The highest BCUT2D eigenvalue weighted by Gasteiger charge is 2.14. The minimum Gasteiger partial charge on any atom is -0.486 e. The summed E-state index contributed by atoms with van der Waals surface area (Å²) in [5.41, 5.74) is 1.20. The zero-order valence-corrected chi connectivity index (χ0v) is 16.2. The highest BCUT2D eigenvalue weighted by molar-refractivity contribution is 7.98. The lowest BCUT2D eigenvalue weighted by Gasteiger charge is -2.09. The maximum absolute atomic E-state index is 10.7. The largest absolute Gasteiger partial charge is 0.486 e. The Bertz CT molecular complexity index is 951.